The molecule has 0 atom stereocenters. The summed E-state index contributed by atoms with van der Waals surface area (Å²) in [7, 11) is -4.18. The second kappa shape index (κ2) is 6.20. The van der Waals surface area contributed by atoms with Gasteiger partial charge in [-0.1, -0.05) is 11.6 Å². The van der Waals surface area contributed by atoms with E-state index >= 15 is 0 Å². The van der Waals surface area contributed by atoms with Crippen molar-refractivity contribution in [2.75, 3.05) is 0 Å². The van der Waals surface area contributed by atoms with E-state index in [4.69, 9.17) is 11.6 Å². The second-order valence-electron chi connectivity index (χ2n) is 4.43. The van der Waals surface area contributed by atoms with Crippen molar-refractivity contribution in [1.29, 1.82) is 0 Å². The number of sulfonamides is 1. The van der Waals surface area contributed by atoms with Crippen LogP contribution in [0.2, 0.25) is 5.02 Å². The number of hydrogen-bond acceptors (Lipinski definition) is 4. The summed E-state index contributed by atoms with van der Waals surface area (Å²) in [6.45, 7) is -1.34. The zero-order chi connectivity index (χ0) is 17.3. The SMILES string of the molecule is O=C(NS(=O)(=O)c1ccc(Cl)cc1)c1cn(CC(F)(F)F)cn1. The van der Waals surface area contributed by atoms with E-state index in [0.717, 1.165) is 12.5 Å². The van der Waals surface area contributed by atoms with Crippen LogP contribution in [0.15, 0.2) is 41.7 Å². The number of aromatic nitrogens is 2. The van der Waals surface area contributed by atoms with Gasteiger partial charge in [-0.15, -0.1) is 0 Å². The third-order valence-electron chi connectivity index (χ3n) is 2.58. The predicted molar refractivity (Wildman–Crippen MR) is 74.4 cm³/mol. The number of benzene rings is 1. The van der Waals surface area contributed by atoms with Gasteiger partial charge in [-0.25, -0.2) is 18.1 Å². The van der Waals surface area contributed by atoms with Gasteiger partial charge in [-0.2, -0.15) is 13.2 Å². The first-order chi connectivity index (χ1) is 10.6. The molecular weight excluding hydrogens is 359 g/mol. The van der Waals surface area contributed by atoms with Crippen molar-refractivity contribution in [2.24, 2.45) is 0 Å². The number of hydrogen-bond donors (Lipinski definition) is 1. The van der Waals surface area contributed by atoms with E-state index in [1.54, 1.807) is 4.72 Å². The molecule has 1 aromatic heterocycles. The van der Waals surface area contributed by atoms with Crippen molar-refractivity contribution in [2.45, 2.75) is 17.6 Å². The summed E-state index contributed by atoms with van der Waals surface area (Å²) in [5, 5.41) is 0.307. The third-order valence-corrected chi connectivity index (χ3v) is 4.18. The Bertz CT molecular complexity index is 816. The second-order valence-corrected chi connectivity index (χ2v) is 6.55. The zero-order valence-electron chi connectivity index (χ0n) is 11.2. The average molecular weight is 368 g/mol. The number of imidazole rings is 1. The van der Waals surface area contributed by atoms with E-state index in [1.807, 2.05) is 0 Å². The molecule has 1 N–H and O–H groups in total. The minimum atomic E-state index is -4.48. The maximum absolute atomic E-state index is 12.2. The van der Waals surface area contributed by atoms with Crippen LogP contribution in [0.1, 0.15) is 10.5 Å². The molecule has 0 saturated carbocycles. The smallest absolute Gasteiger partial charge is 0.328 e. The molecule has 1 amide bonds. The highest BCUT2D eigenvalue weighted by Crippen LogP contribution is 2.18. The van der Waals surface area contributed by atoms with Crippen molar-refractivity contribution >= 4 is 27.5 Å². The van der Waals surface area contributed by atoms with Crippen LogP contribution in [-0.2, 0) is 16.6 Å². The highest BCUT2D eigenvalue weighted by Gasteiger charge is 2.28. The molecule has 23 heavy (non-hydrogen) atoms. The lowest BCUT2D eigenvalue weighted by atomic mass is 10.4. The van der Waals surface area contributed by atoms with Crippen LogP contribution >= 0.6 is 11.6 Å². The molecule has 6 nitrogen and oxygen atoms in total. The molecule has 2 rings (SSSR count). The minimum absolute atomic E-state index is 0.218. The van der Waals surface area contributed by atoms with Crippen molar-refractivity contribution in [3.8, 4) is 0 Å². The van der Waals surface area contributed by atoms with Crippen LogP contribution in [0, 0.1) is 0 Å². The highest BCUT2D eigenvalue weighted by molar-refractivity contribution is 7.90. The number of nitrogens with one attached hydrogen (secondary N) is 1. The van der Waals surface area contributed by atoms with Gasteiger partial charge in [0.2, 0.25) is 0 Å². The van der Waals surface area contributed by atoms with Crippen LogP contribution in [0.4, 0.5) is 13.2 Å². The molecule has 11 heteroatoms. The molecule has 0 spiro atoms. The Morgan fingerprint density at radius 1 is 1.26 bits per heavy atom. The van der Waals surface area contributed by atoms with E-state index in [-0.39, 0.29) is 4.90 Å². The molecule has 0 fully saturated rings. The number of carbonyl (C=O) groups excluding carboxylic acids is 1. The summed E-state index contributed by atoms with van der Waals surface area (Å²) in [6.07, 6.45) is -2.89. The van der Waals surface area contributed by atoms with E-state index in [2.05, 4.69) is 4.98 Å². The van der Waals surface area contributed by atoms with Crippen LogP contribution in [-0.4, -0.2) is 30.1 Å². The summed E-state index contributed by atoms with van der Waals surface area (Å²) < 4.78 is 63.0. The maximum Gasteiger partial charge on any atom is 0.406 e. The van der Waals surface area contributed by atoms with Crippen molar-refractivity contribution in [3.63, 3.8) is 0 Å². The highest BCUT2D eigenvalue weighted by atomic mass is 35.5. The lowest BCUT2D eigenvalue weighted by Gasteiger charge is -2.06. The number of rotatable bonds is 4. The average Bonchev–Trinajstić information content (AvgIpc) is 2.85. The van der Waals surface area contributed by atoms with Crippen molar-refractivity contribution < 1.29 is 26.4 Å². The number of carbonyl (C=O) groups is 1. The number of amides is 1. The van der Waals surface area contributed by atoms with Gasteiger partial charge in [0.25, 0.3) is 15.9 Å². The summed E-state index contributed by atoms with van der Waals surface area (Å²) in [4.78, 5) is 15.0. The normalized spacial score (nSPS) is 12.2. The lowest BCUT2D eigenvalue weighted by Crippen LogP contribution is -2.30. The molecule has 0 bridgehead atoms. The summed E-state index contributed by atoms with van der Waals surface area (Å²) in [6, 6.07) is 5.00. The maximum atomic E-state index is 12.2. The molecule has 0 aliphatic carbocycles. The van der Waals surface area contributed by atoms with Gasteiger partial charge in [0.1, 0.15) is 12.2 Å². The number of halogens is 4. The van der Waals surface area contributed by atoms with Gasteiger partial charge in [-0.05, 0) is 24.3 Å². The quantitative estimate of drug-likeness (QED) is 0.898. The van der Waals surface area contributed by atoms with Crippen molar-refractivity contribution in [1.82, 2.24) is 14.3 Å². The third kappa shape index (κ3) is 4.70. The van der Waals surface area contributed by atoms with Crippen LogP contribution in [0.3, 0.4) is 0 Å². The molecule has 1 aromatic carbocycles. The first-order valence-corrected chi connectivity index (χ1v) is 7.84. The van der Waals surface area contributed by atoms with Gasteiger partial charge < -0.3 is 4.57 Å². The predicted octanol–water partition coefficient (Wildman–Crippen LogP) is 2.22. The Hall–Kier alpha value is -2.07. The van der Waals surface area contributed by atoms with E-state index in [9.17, 15) is 26.4 Å². The Balaban J connectivity index is 2.14. The Kier molecular flexibility index (Phi) is 4.66. The van der Waals surface area contributed by atoms with Gasteiger partial charge >= 0.3 is 6.18 Å². The Morgan fingerprint density at radius 2 is 1.87 bits per heavy atom. The van der Waals surface area contributed by atoms with E-state index < -0.39 is 34.3 Å². The monoisotopic (exact) mass is 367 g/mol. The molecule has 0 saturated heterocycles. The fraction of sp³-hybridized carbons (Fsp3) is 0.167. The largest absolute Gasteiger partial charge is 0.406 e. The number of nitrogens with zero attached hydrogens (tertiary/aromatic N) is 2. The summed E-state index contributed by atoms with van der Waals surface area (Å²) in [5.74, 6) is -1.14. The molecule has 2 aromatic rings. The summed E-state index contributed by atoms with van der Waals surface area (Å²) in [5.41, 5.74) is -0.452. The minimum Gasteiger partial charge on any atom is -0.328 e. The molecular formula is C12H9ClF3N3O3S. The van der Waals surface area contributed by atoms with Crippen LogP contribution in [0.5, 0.6) is 0 Å². The van der Waals surface area contributed by atoms with Gasteiger partial charge in [-0.3, -0.25) is 4.79 Å². The van der Waals surface area contributed by atoms with E-state index in [0.29, 0.717) is 9.59 Å². The molecule has 1 heterocycles. The van der Waals surface area contributed by atoms with Crippen LogP contribution < -0.4 is 4.72 Å². The van der Waals surface area contributed by atoms with Gasteiger partial charge in [0.05, 0.1) is 11.2 Å². The standard InChI is InChI=1S/C12H9ClF3N3O3S/c13-8-1-3-9(4-2-8)23(21,22)18-11(20)10-5-19(7-17-10)6-12(14,15)16/h1-5,7H,6H2,(H,18,20). The zero-order valence-corrected chi connectivity index (χ0v) is 12.8. The Morgan fingerprint density at radius 3 is 2.43 bits per heavy atom. The summed E-state index contributed by atoms with van der Waals surface area (Å²) >= 11 is 5.63. The van der Waals surface area contributed by atoms with E-state index in [1.165, 1.54) is 24.3 Å². The van der Waals surface area contributed by atoms with Crippen LogP contribution in [0.25, 0.3) is 0 Å². The molecule has 0 radical (unpaired) electrons. The molecule has 0 unspecified atom stereocenters. The fourth-order valence-electron chi connectivity index (χ4n) is 1.62. The molecule has 0 aliphatic rings. The fourth-order valence-corrected chi connectivity index (χ4v) is 2.70. The Labute approximate surface area is 133 Å². The van der Waals surface area contributed by atoms with Crippen molar-refractivity contribution in [3.05, 3.63) is 47.5 Å². The molecule has 0 aliphatic heterocycles. The topological polar surface area (TPSA) is 81.1 Å². The number of alkyl halides is 3. The van der Waals surface area contributed by atoms with Gasteiger partial charge in [0.15, 0.2) is 0 Å². The first kappa shape index (κ1) is 17.3. The molecule has 124 valence electrons. The first-order valence-electron chi connectivity index (χ1n) is 5.98. The lowest BCUT2D eigenvalue weighted by molar-refractivity contribution is -0.140. The van der Waals surface area contributed by atoms with Gasteiger partial charge in [0, 0.05) is 11.2 Å².